The van der Waals surface area contributed by atoms with Gasteiger partial charge in [-0.2, -0.15) is 0 Å². The molecule has 9 heteroatoms. The van der Waals surface area contributed by atoms with Gasteiger partial charge in [-0.05, 0) is 17.7 Å². The zero-order valence-corrected chi connectivity index (χ0v) is 15.9. The molecular formula is C19H21NO8. The summed E-state index contributed by atoms with van der Waals surface area (Å²) in [5.41, 5.74) is 0.599. The van der Waals surface area contributed by atoms with Crippen LogP contribution in [0.2, 0.25) is 0 Å². The minimum absolute atomic E-state index is 0.0823. The summed E-state index contributed by atoms with van der Waals surface area (Å²) in [6.45, 7) is -0.224. The van der Waals surface area contributed by atoms with Gasteiger partial charge < -0.3 is 29.0 Å². The van der Waals surface area contributed by atoms with Gasteiger partial charge in [-0.25, -0.2) is 9.59 Å². The van der Waals surface area contributed by atoms with Crippen molar-refractivity contribution in [2.45, 2.75) is 5.92 Å². The number of esters is 3. The van der Waals surface area contributed by atoms with Crippen molar-refractivity contribution in [1.29, 1.82) is 0 Å². The zero-order valence-electron chi connectivity index (χ0n) is 15.9. The molecule has 1 aromatic carbocycles. The molecule has 0 unspecified atom stereocenters. The number of phenols is 1. The number of rotatable bonds is 6. The molecule has 0 bridgehead atoms. The monoisotopic (exact) mass is 391 g/mol. The Morgan fingerprint density at radius 2 is 1.54 bits per heavy atom. The van der Waals surface area contributed by atoms with Crippen molar-refractivity contribution in [2.75, 3.05) is 35.0 Å². The van der Waals surface area contributed by atoms with Crippen LogP contribution < -0.4 is 4.74 Å². The van der Waals surface area contributed by atoms with Crippen LogP contribution in [0.25, 0.3) is 0 Å². The summed E-state index contributed by atoms with van der Waals surface area (Å²) in [5.74, 6) is -2.79. The third kappa shape index (κ3) is 4.25. The Morgan fingerprint density at radius 1 is 0.964 bits per heavy atom. The van der Waals surface area contributed by atoms with E-state index in [1.807, 2.05) is 0 Å². The predicted molar refractivity (Wildman–Crippen MR) is 96.3 cm³/mol. The smallest absolute Gasteiger partial charge is 0.336 e. The molecule has 2 rings (SSSR count). The van der Waals surface area contributed by atoms with Gasteiger partial charge in [0.05, 0.1) is 45.5 Å². The molecule has 0 aromatic heterocycles. The molecule has 1 N–H and O–H groups in total. The van der Waals surface area contributed by atoms with Crippen LogP contribution in [0.5, 0.6) is 11.5 Å². The van der Waals surface area contributed by atoms with Gasteiger partial charge in [-0.15, -0.1) is 0 Å². The van der Waals surface area contributed by atoms with Crippen LogP contribution in [0, 0.1) is 0 Å². The minimum Gasteiger partial charge on any atom is -0.504 e. The summed E-state index contributed by atoms with van der Waals surface area (Å²) in [7, 11) is 5.03. The third-order valence-corrected chi connectivity index (χ3v) is 4.15. The summed E-state index contributed by atoms with van der Waals surface area (Å²) < 4.78 is 19.3. The summed E-state index contributed by atoms with van der Waals surface area (Å²) >= 11 is 0. The van der Waals surface area contributed by atoms with Crippen LogP contribution in [0.1, 0.15) is 11.5 Å². The minimum atomic E-state index is -0.884. The highest BCUT2D eigenvalue weighted by Crippen LogP contribution is 2.40. The molecule has 0 radical (unpaired) electrons. The summed E-state index contributed by atoms with van der Waals surface area (Å²) in [5, 5.41) is 10.1. The molecule has 0 fully saturated rings. The van der Waals surface area contributed by atoms with E-state index in [0.717, 1.165) is 0 Å². The van der Waals surface area contributed by atoms with Crippen molar-refractivity contribution in [1.82, 2.24) is 4.90 Å². The molecule has 150 valence electrons. The van der Waals surface area contributed by atoms with Gasteiger partial charge in [0.15, 0.2) is 11.5 Å². The van der Waals surface area contributed by atoms with Gasteiger partial charge in [0.2, 0.25) is 0 Å². The largest absolute Gasteiger partial charge is 0.504 e. The number of ether oxygens (including phenoxy) is 4. The number of carbonyl (C=O) groups excluding carboxylic acids is 3. The molecule has 0 saturated heterocycles. The second-order valence-electron chi connectivity index (χ2n) is 5.76. The molecule has 1 aliphatic heterocycles. The average molecular weight is 391 g/mol. The first kappa shape index (κ1) is 20.8. The molecule has 1 aromatic rings. The molecular weight excluding hydrogens is 370 g/mol. The van der Waals surface area contributed by atoms with Crippen molar-refractivity contribution >= 4 is 17.9 Å². The van der Waals surface area contributed by atoms with E-state index >= 15 is 0 Å². The van der Waals surface area contributed by atoms with Crippen LogP contribution in [-0.4, -0.2) is 62.9 Å². The van der Waals surface area contributed by atoms with Gasteiger partial charge in [0.25, 0.3) is 0 Å². The average Bonchev–Trinajstić information content (AvgIpc) is 2.71. The van der Waals surface area contributed by atoms with E-state index in [0.29, 0.717) is 5.56 Å². The summed E-state index contributed by atoms with van der Waals surface area (Å²) in [6, 6.07) is 4.50. The van der Waals surface area contributed by atoms with E-state index < -0.39 is 23.8 Å². The molecule has 0 spiro atoms. The highest BCUT2D eigenvalue weighted by molar-refractivity contribution is 5.98. The predicted octanol–water partition coefficient (Wildman–Crippen LogP) is 1.09. The SMILES string of the molecule is COC(=O)CN1C=C(C(=O)OC)C(c2ccc(OC)c(O)c2)C(C(=O)OC)=C1. The second kappa shape index (κ2) is 8.94. The Kier molecular flexibility index (Phi) is 6.64. The van der Waals surface area contributed by atoms with Crippen molar-refractivity contribution in [2.24, 2.45) is 0 Å². The Hall–Kier alpha value is -3.49. The number of methoxy groups -OCH3 is 4. The number of hydrogen-bond donors (Lipinski definition) is 1. The number of aromatic hydroxyl groups is 1. The molecule has 0 saturated carbocycles. The lowest BCUT2D eigenvalue weighted by Crippen LogP contribution is -2.31. The normalized spacial score (nSPS) is 13.9. The van der Waals surface area contributed by atoms with Crippen LogP contribution in [-0.2, 0) is 28.6 Å². The van der Waals surface area contributed by atoms with Gasteiger partial charge >= 0.3 is 17.9 Å². The Balaban J connectivity index is 2.60. The van der Waals surface area contributed by atoms with E-state index in [1.165, 1.54) is 57.9 Å². The topological polar surface area (TPSA) is 112 Å². The summed E-state index contributed by atoms with van der Waals surface area (Å²) in [6.07, 6.45) is 2.78. The number of benzene rings is 1. The number of carbonyl (C=O) groups is 3. The van der Waals surface area contributed by atoms with E-state index in [2.05, 4.69) is 4.74 Å². The Morgan fingerprint density at radius 3 is 1.96 bits per heavy atom. The van der Waals surface area contributed by atoms with Crippen molar-refractivity contribution in [3.8, 4) is 11.5 Å². The quantitative estimate of drug-likeness (QED) is 0.562. The van der Waals surface area contributed by atoms with Crippen LogP contribution in [0.4, 0.5) is 0 Å². The lowest BCUT2D eigenvalue weighted by molar-refractivity contribution is -0.142. The molecule has 0 atom stereocenters. The number of hydrogen-bond acceptors (Lipinski definition) is 9. The van der Waals surface area contributed by atoms with Crippen molar-refractivity contribution < 1.29 is 38.4 Å². The van der Waals surface area contributed by atoms with Crippen LogP contribution >= 0.6 is 0 Å². The van der Waals surface area contributed by atoms with Crippen molar-refractivity contribution in [3.05, 3.63) is 47.3 Å². The molecule has 9 nitrogen and oxygen atoms in total. The first-order valence-corrected chi connectivity index (χ1v) is 8.15. The number of nitrogens with zero attached hydrogens (tertiary/aromatic N) is 1. The standard InChI is InChI=1S/C19H21NO8/c1-25-15-6-5-11(7-14(15)21)17-12(18(23)27-3)8-20(10-16(22)26-2)9-13(17)19(24)28-4/h5-9,17,21H,10H2,1-4H3. The van der Waals surface area contributed by atoms with Crippen LogP contribution in [0.15, 0.2) is 41.7 Å². The van der Waals surface area contributed by atoms with E-state index in [-0.39, 0.29) is 29.2 Å². The fourth-order valence-electron chi connectivity index (χ4n) is 2.84. The van der Waals surface area contributed by atoms with Gasteiger partial charge in [-0.1, -0.05) is 6.07 Å². The maximum Gasteiger partial charge on any atom is 0.336 e. The third-order valence-electron chi connectivity index (χ3n) is 4.15. The molecule has 1 aliphatic rings. The van der Waals surface area contributed by atoms with Crippen LogP contribution in [0.3, 0.4) is 0 Å². The van der Waals surface area contributed by atoms with Gasteiger partial charge in [-0.3, -0.25) is 4.79 Å². The highest BCUT2D eigenvalue weighted by atomic mass is 16.5. The highest BCUT2D eigenvalue weighted by Gasteiger charge is 2.36. The first-order chi connectivity index (χ1) is 13.4. The maximum atomic E-state index is 12.4. The molecule has 28 heavy (non-hydrogen) atoms. The fraction of sp³-hybridized carbons (Fsp3) is 0.316. The Bertz CT molecular complexity index is 808. The lowest BCUT2D eigenvalue weighted by atomic mass is 9.83. The zero-order chi connectivity index (χ0) is 20.8. The van der Waals surface area contributed by atoms with Crippen molar-refractivity contribution in [3.63, 3.8) is 0 Å². The van der Waals surface area contributed by atoms with E-state index in [1.54, 1.807) is 6.07 Å². The number of phenolic OH excluding ortho intramolecular Hbond substituents is 1. The fourth-order valence-corrected chi connectivity index (χ4v) is 2.84. The maximum absolute atomic E-state index is 12.4. The molecule has 0 amide bonds. The molecule has 1 heterocycles. The first-order valence-electron chi connectivity index (χ1n) is 8.15. The second-order valence-corrected chi connectivity index (χ2v) is 5.76. The van der Waals surface area contributed by atoms with Gasteiger partial charge in [0.1, 0.15) is 6.54 Å². The van der Waals surface area contributed by atoms with E-state index in [9.17, 15) is 19.5 Å². The Labute approximate surface area is 161 Å². The molecule has 0 aliphatic carbocycles. The lowest BCUT2D eigenvalue weighted by Gasteiger charge is -2.29. The van der Waals surface area contributed by atoms with Gasteiger partial charge in [0, 0.05) is 12.4 Å². The van der Waals surface area contributed by atoms with E-state index in [4.69, 9.17) is 14.2 Å². The summed E-state index contributed by atoms with van der Waals surface area (Å²) in [4.78, 5) is 37.8.